The van der Waals surface area contributed by atoms with Gasteiger partial charge in [-0.1, -0.05) is 32.3 Å². The summed E-state index contributed by atoms with van der Waals surface area (Å²) in [5, 5.41) is 2.92. The summed E-state index contributed by atoms with van der Waals surface area (Å²) in [7, 11) is 0. The first-order valence-electron chi connectivity index (χ1n) is 6.40. The van der Waals surface area contributed by atoms with Gasteiger partial charge in [-0.15, -0.1) is 0 Å². The van der Waals surface area contributed by atoms with Crippen molar-refractivity contribution in [3.05, 3.63) is 30.8 Å². The van der Waals surface area contributed by atoms with Crippen molar-refractivity contribution in [2.75, 3.05) is 18.5 Å². The molecule has 0 saturated heterocycles. The summed E-state index contributed by atoms with van der Waals surface area (Å²) < 4.78 is 5.10. The highest BCUT2D eigenvalue weighted by Gasteiger charge is 2.04. The highest BCUT2D eigenvalue weighted by atomic mass is 16.5. The van der Waals surface area contributed by atoms with Crippen LogP contribution in [-0.4, -0.2) is 24.1 Å². The lowest BCUT2D eigenvalue weighted by molar-refractivity contribution is -0.141. The number of anilines is 1. The lowest BCUT2D eigenvalue weighted by Crippen LogP contribution is -2.18. The zero-order valence-corrected chi connectivity index (χ0v) is 10.9. The third kappa shape index (κ3) is 5.66. The molecule has 1 rings (SSSR count). The minimum absolute atomic E-state index is 0.132. The first-order chi connectivity index (χ1) is 8.74. The summed E-state index contributed by atoms with van der Waals surface area (Å²) >= 11 is 0. The fourth-order valence-corrected chi connectivity index (χ4v) is 1.52. The van der Waals surface area contributed by atoms with Crippen LogP contribution in [0.25, 0.3) is 0 Å². The molecule has 0 bridgehead atoms. The first-order valence-corrected chi connectivity index (χ1v) is 6.40. The quantitative estimate of drug-likeness (QED) is 0.568. The molecule has 0 spiro atoms. The Morgan fingerprint density at radius 2 is 2.28 bits per heavy atom. The van der Waals surface area contributed by atoms with E-state index >= 15 is 0 Å². The summed E-state index contributed by atoms with van der Waals surface area (Å²) in [5.74, 6) is 0.372. The number of hydrogen-bond donors (Lipinski definition) is 1. The largest absolute Gasteiger partial charge is 0.464 e. The molecule has 0 aliphatic heterocycles. The van der Waals surface area contributed by atoms with Crippen LogP contribution in [0.1, 0.15) is 38.2 Å². The van der Waals surface area contributed by atoms with Crippen LogP contribution in [0.2, 0.25) is 0 Å². The molecule has 0 aliphatic carbocycles. The maximum absolute atomic E-state index is 11.4. The van der Waals surface area contributed by atoms with Gasteiger partial charge in [0.05, 0.1) is 6.61 Å². The maximum atomic E-state index is 11.4. The number of esters is 1. The number of rotatable bonds is 8. The van der Waals surface area contributed by atoms with Crippen LogP contribution in [0, 0.1) is 6.92 Å². The van der Waals surface area contributed by atoms with Crippen LogP contribution in [-0.2, 0) is 9.53 Å². The number of pyridine rings is 1. The molecule has 1 heterocycles. The van der Waals surface area contributed by atoms with Gasteiger partial charge in [-0.2, -0.15) is 0 Å². The standard InChI is InChI=1S/C14H21N2O2/c1-3-4-5-6-10-18-13(17)11-16-14-12(2)8-7-9-15-14/h7-9H,2-6,10-11H2,1H3,(H,15,16). The Labute approximate surface area is 109 Å². The lowest BCUT2D eigenvalue weighted by Gasteiger charge is -2.08. The molecule has 0 unspecified atom stereocenters. The second-order valence-corrected chi connectivity index (χ2v) is 4.15. The molecule has 1 N–H and O–H groups in total. The van der Waals surface area contributed by atoms with Gasteiger partial charge in [0, 0.05) is 6.20 Å². The Bertz CT molecular complexity index is 367. The van der Waals surface area contributed by atoms with Crippen molar-refractivity contribution in [3.63, 3.8) is 0 Å². The number of ether oxygens (including phenoxy) is 1. The number of nitrogens with one attached hydrogen (secondary N) is 1. The van der Waals surface area contributed by atoms with E-state index in [0.29, 0.717) is 12.4 Å². The molecule has 4 heteroatoms. The van der Waals surface area contributed by atoms with E-state index in [1.807, 2.05) is 6.07 Å². The van der Waals surface area contributed by atoms with E-state index in [-0.39, 0.29) is 12.5 Å². The number of nitrogens with zero attached hydrogens (tertiary/aromatic N) is 1. The molecule has 0 aliphatic rings. The van der Waals surface area contributed by atoms with Gasteiger partial charge in [0.25, 0.3) is 0 Å². The van der Waals surface area contributed by atoms with Crippen LogP contribution >= 0.6 is 0 Å². The molecule has 1 radical (unpaired) electrons. The molecule has 1 aromatic rings. The molecule has 0 saturated carbocycles. The van der Waals surface area contributed by atoms with E-state index in [9.17, 15) is 4.79 Å². The van der Waals surface area contributed by atoms with Gasteiger partial charge in [0.2, 0.25) is 0 Å². The zero-order valence-electron chi connectivity index (χ0n) is 10.9. The van der Waals surface area contributed by atoms with Crippen LogP contribution in [0.4, 0.5) is 5.82 Å². The maximum Gasteiger partial charge on any atom is 0.325 e. The number of unbranched alkanes of at least 4 members (excludes halogenated alkanes) is 3. The van der Waals surface area contributed by atoms with Crippen molar-refractivity contribution in [2.45, 2.75) is 32.6 Å². The second-order valence-electron chi connectivity index (χ2n) is 4.15. The third-order valence-corrected chi connectivity index (χ3v) is 2.55. The summed E-state index contributed by atoms with van der Waals surface area (Å²) in [6.07, 6.45) is 6.08. The fourth-order valence-electron chi connectivity index (χ4n) is 1.52. The van der Waals surface area contributed by atoms with Crippen molar-refractivity contribution in [1.82, 2.24) is 4.98 Å². The Hall–Kier alpha value is -1.58. The zero-order chi connectivity index (χ0) is 13.2. The number of carbonyl (C=O) groups is 1. The van der Waals surface area contributed by atoms with Gasteiger partial charge < -0.3 is 10.1 Å². The predicted octanol–water partition coefficient (Wildman–Crippen LogP) is 2.80. The van der Waals surface area contributed by atoms with Crippen LogP contribution in [0.3, 0.4) is 0 Å². The summed E-state index contributed by atoms with van der Waals surface area (Å²) in [6, 6.07) is 3.64. The van der Waals surface area contributed by atoms with Crippen LogP contribution < -0.4 is 5.32 Å². The summed E-state index contributed by atoms with van der Waals surface area (Å²) in [6.45, 7) is 6.60. The molecule has 0 aromatic carbocycles. The smallest absolute Gasteiger partial charge is 0.325 e. The molecule has 99 valence electrons. The van der Waals surface area contributed by atoms with E-state index in [4.69, 9.17) is 4.74 Å². The molecule has 0 amide bonds. The molecule has 4 nitrogen and oxygen atoms in total. The Balaban J connectivity index is 2.15. The van der Waals surface area contributed by atoms with Gasteiger partial charge in [0.15, 0.2) is 0 Å². The van der Waals surface area contributed by atoms with Gasteiger partial charge in [-0.05, 0) is 25.0 Å². The number of carbonyl (C=O) groups excluding carboxylic acids is 1. The van der Waals surface area contributed by atoms with Crippen molar-refractivity contribution < 1.29 is 9.53 Å². The molecular formula is C14H21N2O2. The van der Waals surface area contributed by atoms with E-state index in [1.54, 1.807) is 12.3 Å². The second kappa shape index (κ2) is 8.50. The average molecular weight is 249 g/mol. The average Bonchev–Trinajstić information content (AvgIpc) is 2.37. The van der Waals surface area contributed by atoms with E-state index < -0.39 is 0 Å². The van der Waals surface area contributed by atoms with Gasteiger partial charge in [0.1, 0.15) is 12.4 Å². The summed E-state index contributed by atoms with van der Waals surface area (Å²) in [4.78, 5) is 15.5. The van der Waals surface area contributed by atoms with Crippen molar-refractivity contribution in [3.8, 4) is 0 Å². The van der Waals surface area contributed by atoms with Crippen molar-refractivity contribution >= 4 is 11.8 Å². The predicted molar refractivity (Wildman–Crippen MR) is 72.3 cm³/mol. The van der Waals surface area contributed by atoms with Crippen LogP contribution in [0.5, 0.6) is 0 Å². The Kier molecular flexibility index (Phi) is 6.84. The molecule has 0 atom stereocenters. The van der Waals surface area contributed by atoms with Gasteiger partial charge in [-0.3, -0.25) is 4.79 Å². The van der Waals surface area contributed by atoms with E-state index in [1.165, 1.54) is 12.8 Å². The first kappa shape index (κ1) is 14.5. The molecule has 1 aromatic heterocycles. The highest BCUT2D eigenvalue weighted by molar-refractivity contribution is 5.74. The fraction of sp³-hybridized carbons (Fsp3) is 0.500. The Morgan fingerprint density at radius 1 is 1.44 bits per heavy atom. The molecule has 0 fully saturated rings. The van der Waals surface area contributed by atoms with E-state index in [0.717, 1.165) is 18.4 Å². The Morgan fingerprint density at radius 3 is 3.00 bits per heavy atom. The molecular weight excluding hydrogens is 228 g/mol. The van der Waals surface area contributed by atoms with E-state index in [2.05, 4.69) is 24.1 Å². The third-order valence-electron chi connectivity index (χ3n) is 2.55. The van der Waals surface area contributed by atoms with Crippen molar-refractivity contribution in [2.24, 2.45) is 0 Å². The van der Waals surface area contributed by atoms with Crippen LogP contribution in [0.15, 0.2) is 18.3 Å². The minimum Gasteiger partial charge on any atom is -0.464 e. The number of aromatic nitrogens is 1. The van der Waals surface area contributed by atoms with Gasteiger partial charge in [-0.25, -0.2) is 4.98 Å². The molecule has 18 heavy (non-hydrogen) atoms. The highest BCUT2D eigenvalue weighted by Crippen LogP contribution is 2.08. The summed E-state index contributed by atoms with van der Waals surface area (Å²) in [5.41, 5.74) is 0.772. The number of hydrogen-bond acceptors (Lipinski definition) is 4. The normalized spacial score (nSPS) is 10.1. The SMILES string of the molecule is [CH2]c1cccnc1NCC(=O)OCCCCCC. The lowest BCUT2D eigenvalue weighted by atomic mass is 10.2. The van der Waals surface area contributed by atoms with Gasteiger partial charge >= 0.3 is 5.97 Å². The minimum atomic E-state index is -0.253. The topological polar surface area (TPSA) is 51.2 Å². The monoisotopic (exact) mass is 249 g/mol. The van der Waals surface area contributed by atoms with Crippen molar-refractivity contribution in [1.29, 1.82) is 0 Å².